The van der Waals surface area contributed by atoms with Gasteiger partial charge in [0.15, 0.2) is 0 Å². The Kier molecular flexibility index (Phi) is 4.32. The summed E-state index contributed by atoms with van der Waals surface area (Å²) in [6, 6.07) is 0. The Hall–Kier alpha value is -0.450. The van der Waals surface area contributed by atoms with E-state index in [4.69, 9.17) is 4.74 Å². The quantitative estimate of drug-likeness (QED) is 0.878. The predicted molar refractivity (Wildman–Crippen MR) is 66.8 cm³/mol. The van der Waals surface area contributed by atoms with Crippen molar-refractivity contribution < 1.29 is 4.74 Å². The molecule has 0 aliphatic carbocycles. The van der Waals surface area contributed by atoms with E-state index in [-0.39, 0.29) is 6.10 Å². The molecule has 1 saturated heterocycles. The number of rotatable bonds is 4. The zero-order valence-electron chi connectivity index (χ0n) is 10.0. The Morgan fingerprint density at radius 2 is 2.50 bits per heavy atom. The number of ether oxygens (including phenoxy) is 1. The molecule has 1 N–H and O–H groups in total. The second-order valence-corrected chi connectivity index (χ2v) is 5.22. The molecule has 0 spiro atoms. The van der Waals surface area contributed by atoms with Crippen LogP contribution >= 0.6 is 11.3 Å². The molecule has 2 unspecified atom stereocenters. The molecule has 0 aromatic carbocycles. The molecule has 1 fully saturated rings. The van der Waals surface area contributed by atoms with E-state index in [0.29, 0.717) is 5.92 Å². The highest BCUT2D eigenvalue weighted by molar-refractivity contribution is 7.09. The largest absolute Gasteiger partial charge is 0.371 e. The van der Waals surface area contributed by atoms with Crippen LogP contribution in [0.3, 0.4) is 0 Å². The van der Waals surface area contributed by atoms with Crippen molar-refractivity contribution in [1.29, 1.82) is 0 Å². The van der Waals surface area contributed by atoms with Crippen molar-refractivity contribution in [1.82, 2.24) is 10.3 Å². The molecule has 90 valence electrons. The second kappa shape index (κ2) is 5.75. The van der Waals surface area contributed by atoms with Crippen molar-refractivity contribution >= 4 is 11.3 Å². The number of hydrogen-bond acceptors (Lipinski definition) is 4. The summed E-state index contributed by atoms with van der Waals surface area (Å²) in [5.74, 6) is 0.583. The van der Waals surface area contributed by atoms with Crippen LogP contribution in [0.4, 0.5) is 0 Å². The number of nitrogens with zero attached hydrogens (tertiary/aromatic N) is 1. The van der Waals surface area contributed by atoms with E-state index in [1.165, 1.54) is 12.8 Å². The van der Waals surface area contributed by atoms with Crippen LogP contribution in [-0.2, 0) is 4.74 Å². The van der Waals surface area contributed by atoms with Crippen molar-refractivity contribution in [3.05, 3.63) is 16.1 Å². The summed E-state index contributed by atoms with van der Waals surface area (Å²) in [6.45, 7) is 7.14. The first kappa shape index (κ1) is 12.0. The molecule has 3 nitrogen and oxygen atoms in total. The molecule has 2 atom stereocenters. The van der Waals surface area contributed by atoms with Gasteiger partial charge in [-0.3, -0.25) is 0 Å². The summed E-state index contributed by atoms with van der Waals surface area (Å²) in [5, 5.41) is 6.68. The number of aryl methyl sites for hydroxylation is 1. The van der Waals surface area contributed by atoms with Crippen LogP contribution in [0.25, 0.3) is 0 Å². The summed E-state index contributed by atoms with van der Waals surface area (Å²) >= 11 is 1.73. The van der Waals surface area contributed by atoms with E-state index < -0.39 is 0 Å². The Labute approximate surface area is 101 Å². The first-order chi connectivity index (χ1) is 7.81. The summed E-state index contributed by atoms with van der Waals surface area (Å²) in [6.07, 6.45) is 2.64. The Balaban J connectivity index is 2.04. The lowest BCUT2D eigenvalue weighted by molar-refractivity contribution is -0.0277. The fraction of sp³-hybridized carbons (Fsp3) is 0.750. The van der Waals surface area contributed by atoms with Crippen LogP contribution in [0, 0.1) is 12.8 Å². The van der Waals surface area contributed by atoms with Gasteiger partial charge in [-0.2, -0.15) is 0 Å². The van der Waals surface area contributed by atoms with Crippen LogP contribution in [0.1, 0.15) is 36.6 Å². The fourth-order valence-electron chi connectivity index (χ4n) is 2.16. The minimum atomic E-state index is 0.214. The zero-order valence-corrected chi connectivity index (χ0v) is 10.8. The molecule has 0 radical (unpaired) electrons. The third kappa shape index (κ3) is 2.81. The zero-order chi connectivity index (χ0) is 11.4. The third-order valence-corrected chi connectivity index (χ3v) is 4.01. The molecule has 1 aromatic heterocycles. The maximum absolute atomic E-state index is 5.89. The highest BCUT2D eigenvalue weighted by Crippen LogP contribution is 2.34. The van der Waals surface area contributed by atoms with Gasteiger partial charge >= 0.3 is 0 Å². The SMILES string of the molecule is CCNCC1CCCOC1c1nc(C)cs1. The lowest BCUT2D eigenvalue weighted by Gasteiger charge is -2.30. The van der Waals surface area contributed by atoms with E-state index in [0.717, 1.165) is 30.4 Å². The van der Waals surface area contributed by atoms with Crippen LogP contribution in [0.15, 0.2) is 5.38 Å². The molecule has 0 bridgehead atoms. The van der Waals surface area contributed by atoms with Crippen LogP contribution < -0.4 is 5.32 Å². The minimum absolute atomic E-state index is 0.214. The molecule has 0 amide bonds. The van der Waals surface area contributed by atoms with Crippen molar-refractivity contribution in [3.63, 3.8) is 0 Å². The van der Waals surface area contributed by atoms with E-state index in [1.807, 2.05) is 6.92 Å². The number of aromatic nitrogens is 1. The van der Waals surface area contributed by atoms with Gasteiger partial charge < -0.3 is 10.1 Å². The van der Waals surface area contributed by atoms with Crippen LogP contribution in [-0.4, -0.2) is 24.7 Å². The van der Waals surface area contributed by atoms with Gasteiger partial charge in [0.05, 0.1) is 0 Å². The number of thiazole rings is 1. The smallest absolute Gasteiger partial charge is 0.122 e. The molecular formula is C12H20N2OS. The van der Waals surface area contributed by atoms with Gasteiger partial charge in [0.2, 0.25) is 0 Å². The van der Waals surface area contributed by atoms with Crippen molar-refractivity contribution in [3.8, 4) is 0 Å². The number of nitrogens with one attached hydrogen (secondary N) is 1. The summed E-state index contributed by atoms with van der Waals surface area (Å²) in [4.78, 5) is 4.56. The van der Waals surface area contributed by atoms with Gasteiger partial charge in [-0.05, 0) is 26.3 Å². The van der Waals surface area contributed by atoms with Crippen molar-refractivity contribution in [2.75, 3.05) is 19.7 Å². The highest BCUT2D eigenvalue weighted by atomic mass is 32.1. The summed E-state index contributed by atoms with van der Waals surface area (Å²) in [7, 11) is 0. The predicted octanol–water partition coefficient (Wildman–Crippen LogP) is 2.53. The number of hydrogen-bond donors (Lipinski definition) is 1. The Morgan fingerprint density at radius 1 is 1.62 bits per heavy atom. The maximum Gasteiger partial charge on any atom is 0.122 e. The minimum Gasteiger partial charge on any atom is -0.371 e. The van der Waals surface area contributed by atoms with E-state index in [1.54, 1.807) is 11.3 Å². The summed E-state index contributed by atoms with van der Waals surface area (Å²) in [5.41, 5.74) is 1.11. The molecule has 2 rings (SSSR count). The monoisotopic (exact) mass is 240 g/mol. The van der Waals surface area contributed by atoms with Gasteiger partial charge in [-0.15, -0.1) is 11.3 Å². The third-order valence-electron chi connectivity index (χ3n) is 2.98. The topological polar surface area (TPSA) is 34.1 Å². The first-order valence-corrected chi connectivity index (χ1v) is 6.93. The molecular weight excluding hydrogens is 220 g/mol. The molecule has 1 aromatic rings. The van der Waals surface area contributed by atoms with Crippen LogP contribution in [0.5, 0.6) is 0 Å². The molecule has 1 aliphatic heterocycles. The molecule has 2 heterocycles. The lowest BCUT2D eigenvalue weighted by Crippen LogP contribution is -2.31. The second-order valence-electron chi connectivity index (χ2n) is 4.33. The first-order valence-electron chi connectivity index (χ1n) is 6.05. The van der Waals surface area contributed by atoms with E-state index >= 15 is 0 Å². The molecule has 1 aliphatic rings. The van der Waals surface area contributed by atoms with Gasteiger partial charge in [0.1, 0.15) is 11.1 Å². The maximum atomic E-state index is 5.89. The van der Waals surface area contributed by atoms with Gasteiger partial charge in [-0.25, -0.2) is 4.98 Å². The van der Waals surface area contributed by atoms with E-state index in [2.05, 4.69) is 22.6 Å². The Morgan fingerprint density at radius 3 is 3.19 bits per heavy atom. The highest BCUT2D eigenvalue weighted by Gasteiger charge is 2.29. The van der Waals surface area contributed by atoms with Gasteiger partial charge in [0, 0.05) is 30.1 Å². The van der Waals surface area contributed by atoms with E-state index in [9.17, 15) is 0 Å². The van der Waals surface area contributed by atoms with Crippen molar-refractivity contribution in [2.45, 2.75) is 32.8 Å². The molecule has 0 saturated carbocycles. The standard InChI is InChI=1S/C12H20N2OS/c1-3-13-7-10-5-4-6-15-11(10)12-14-9(2)8-16-12/h8,10-11,13H,3-7H2,1-2H3. The molecule has 4 heteroatoms. The molecule has 16 heavy (non-hydrogen) atoms. The summed E-state index contributed by atoms with van der Waals surface area (Å²) < 4.78 is 5.89. The van der Waals surface area contributed by atoms with Crippen molar-refractivity contribution in [2.24, 2.45) is 5.92 Å². The normalized spacial score (nSPS) is 25.9. The average molecular weight is 240 g/mol. The lowest BCUT2D eigenvalue weighted by atomic mass is 9.94. The fourth-order valence-corrected chi connectivity index (χ4v) is 3.09. The van der Waals surface area contributed by atoms with Crippen LogP contribution in [0.2, 0.25) is 0 Å². The average Bonchev–Trinajstić information content (AvgIpc) is 2.73. The Bertz CT molecular complexity index is 327. The van der Waals surface area contributed by atoms with Gasteiger partial charge in [0.25, 0.3) is 0 Å². The van der Waals surface area contributed by atoms with Gasteiger partial charge in [-0.1, -0.05) is 6.92 Å².